The van der Waals surface area contributed by atoms with Crippen molar-refractivity contribution < 1.29 is 4.79 Å². The number of guanidine groups is 1. The minimum absolute atomic E-state index is 0. The van der Waals surface area contributed by atoms with Crippen LogP contribution < -0.4 is 16.4 Å². The topological polar surface area (TPSA) is 79.5 Å². The van der Waals surface area contributed by atoms with E-state index in [-0.39, 0.29) is 35.9 Å². The number of amides is 1. The van der Waals surface area contributed by atoms with Crippen LogP contribution in [0.4, 0.5) is 0 Å². The Kier molecular flexibility index (Phi) is 10.6. The molecule has 1 fully saturated rings. The number of hydrogen-bond acceptors (Lipinski definition) is 2. The quantitative estimate of drug-likeness (QED) is 0.221. The number of halogens is 3. The van der Waals surface area contributed by atoms with Crippen LogP contribution in [0.25, 0.3) is 0 Å². The number of hydrogen-bond donors (Lipinski definition) is 3. The molecule has 1 amide bonds. The third-order valence-electron chi connectivity index (χ3n) is 4.46. The normalized spacial score (nSPS) is 16.0. The summed E-state index contributed by atoms with van der Waals surface area (Å²) in [7, 11) is 0. The van der Waals surface area contributed by atoms with Crippen molar-refractivity contribution in [2.45, 2.75) is 45.1 Å². The fraction of sp³-hybridized carbons (Fsp3) is 0.556. The largest absolute Gasteiger partial charge is 0.370 e. The van der Waals surface area contributed by atoms with E-state index >= 15 is 0 Å². The average molecular weight is 513 g/mol. The molecule has 1 aromatic rings. The first kappa shape index (κ1) is 23.3. The van der Waals surface area contributed by atoms with Crippen molar-refractivity contribution in [3.05, 3.63) is 33.8 Å². The highest BCUT2D eigenvalue weighted by Crippen LogP contribution is 2.27. The molecule has 4 N–H and O–H groups in total. The van der Waals surface area contributed by atoms with Crippen molar-refractivity contribution in [3.63, 3.8) is 0 Å². The first-order valence-electron chi connectivity index (χ1n) is 8.74. The Labute approximate surface area is 182 Å². The molecule has 1 aliphatic rings. The molecule has 0 radical (unpaired) electrons. The molecule has 0 bridgehead atoms. The van der Waals surface area contributed by atoms with Crippen molar-refractivity contribution >= 4 is 59.0 Å². The van der Waals surface area contributed by atoms with Gasteiger partial charge in [-0.2, -0.15) is 0 Å². The first-order chi connectivity index (χ1) is 12.0. The van der Waals surface area contributed by atoms with E-state index in [0.717, 1.165) is 5.56 Å². The van der Waals surface area contributed by atoms with E-state index in [4.69, 9.17) is 28.9 Å². The van der Waals surface area contributed by atoms with Crippen LogP contribution in [0, 0.1) is 5.92 Å². The maximum absolute atomic E-state index is 11.8. The molecule has 26 heavy (non-hydrogen) atoms. The van der Waals surface area contributed by atoms with Gasteiger partial charge in [0.1, 0.15) is 0 Å². The smallest absolute Gasteiger partial charge is 0.220 e. The van der Waals surface area contributed by atoms with E-state index in [0.29, 0.717) is 41.4 Å². The molecule has 0 saturated heterocycles. The molecule has 0 spiro atoms. The van der Waals surface area contributed by atoms with Crippen molar-refractivity contribution in [2.75, 3.05) is 13.1 Å². The maximum Gasteiger partial charge on any atom is 0.220 e. The van der Waals surface area contributed by atoms with Crippen molar-refractivity contribution in [2.24, 2.45) is 16.6 Å². The first-order valence-corrected chi connectivity index (χ1v) is 9.49. The van der Waals surface area contributed by atoms with Gasteiger partial charge in [0.05, 0.1) is 12.6 Å². The highest BCUT2D eigenvalue weighted by atomic mass is 127. The molecule has 5 nitrogen and oxygen atoms in total. The summed E-state index contributed by atoms with van der Waals surface area (Å²) in [5.74, 6) is 0.985. The fourth-order valence-electron chi connectivity index (χ4n) is 3.12. The summed E-state index contributed by atoms with van der Waals surface area (Å²) < 4.78 is 0. The molecule has 0 heterocycles. The van der Waals surface area contributed by atoms with E-state index in [1.807, 2.05) is 13.0 Å². The van der Waals surface area contributed by atoms with Gasteiger partial charge in [-0.3, -0.25) is 9.79 Å². The molecule has 146 valence electrons. The highest BCUT2D eigenvalue weighted by molar-refractivity contribution is 14.0. The Morgan fingerprint density at radius 2 is 2.04 bits per heavy atom. The van der Waals surface area contributed by atoms with E-state index in [1.165, 1.54) is 25.7 Å². The minimum atomic E-state index is -0.0922. The molecule has 0 aliphatic heterocycles. The van der Waals surface area contributed by atoms with Gasteiger partial charge in [0.15, 0.2) is 5.96 Å². The summed E-state index contributed by atoms with van der Waals surface area (Å²) in [6.07, 6.45) is 5.48. The average Bonchev–Trinajstić information content (AvgIpc) is 3.04. The zero-order chi connectivity index (χ0) is 18.2. The monoisotopic (exact) mass is 512 g/mol. The van der Waals surface area contributed by atoms with Gasteiger partial charge < -0.3 is 16.4 Å². The van der Waals surface area contributed by atoms with Crippen LogP contribution in [-0.4, -0.2) is 25.0 Å². The Hall–Kier alpha value is -0.730. The lowest BCUT2D eigenvalue weighted by Gasteiger charge is -2.16. The van der Waals surface area contributed by atoms with Gasteiger partial charge in [0, 0.05) is 23.0 Å². The lowest BCUT2D eigenvalue weighted by molar-refractivity contribution is -0.121. The number of carbonyl (C=O) groups is 1. The zero-order valence-electron chi connectivity index (χ0n) is 14.9. The SMILES string of the molecule is CC(NC(N)=NCCNC(=O)CC1CCCC1)c1ccc(Cl)cc1Cl.I. The van der Waals surface area contributed by atoms with Gasteiger partial charge in [-0.25, -0.2) is 0 Å². The van der Waals surface area contributed by atoms with Crippen molar-refractivity contribution in [1.29, 1.82) is 0 Å². The van der Waals surface area contributed by atoms with Crippen LogP contribution in [0.1, 0.15) is 50.6 Å². The summed E-state index contributed by atoms with van der Waals surface area (Å²) in [6.45, 7) is 2.88. The van der Waals surface area contributed by atoms with Crippen molar-refractivity contribution in [1.82, 2.24) is 10.6 Å². The Bertz CT molecular complexity index is 621. The van der Waals surface area contributed by atoms with Crippen LogP contribution in [0.5, 0.6) is 0 Å². The summed E-state index contributed by atoms with van der Waals surface area (Å²) in [5, 5.41) is 7.17. The number of nitrogens with one attached hydrogen (secondary N) is 2. The second-order valence-corrected chi connectivity index (χ2v) is 7.35. The fourth-order valence-corrected chi connectivity index (χ4v) is 3.69. The Morgan fingerprint density at radius 1 is 1.35 bits per heavy atom. The van der Waals surface area contributed by atoms with Crippen LogP contribution in [-0.2, 0) is 4.79 Å². The van der Waals surface area contributed by atoms with Gasteiger partial charge >= 0.3 is 0 Å². The number of nitrogens with zero attached hydrogens (tertiary/aromatic N) is 1. The summed E-state index contributed by atoms with van der Waals surface area (Å²) in [5.41, 5.74) is 6.80. The summed E-state index contributed by atoms with van der Waals surface area (Å²) in [4.78, 5) is 16.1. The van der Waals surface area contributed by atoms with Gasteiger partial charge in [0.25, 0.3) is 0 Å². The van der Waals surface area contributed by atoms with Crippen LogP contribution >= 0.6 is 47.2 Å². The summed E-state index contributed by atoms with van der Waals surface area (Å²) >= 11 is 12.1. The Balaban J connectivity index is 0.00000338. The van der Waals surface area contributed by atoms with Crippen molar-refractivity contribution in [3.8, 4) is 0 Å². The third-order valence-corrected chi connectivity index (χ3v) is 5.02. The van der Waals surface area contributed by atoms with E-state index in [1.54, 1.807) is 12.1 Å². The van der Waals surface area contributed by atoms with Gasteiger partial charge in [-0.15, -0.1) is 24.0 Å². The summed E-state index contributed by atoms with van der Waals surface area (Å²) in [6, 6.07) is 5.25. The molecule has 1 aromatic carbocycles. The van der Waals surface area contributed by atoms with Gasteiger partial charge in [0.2, 0.25) is 5.91 Å². The van der Waals surface area contributed by atoms with E-state index in [9.17, 15) is 4.79 Å². The molecule has 1 saturated carbocycles. The number of nitrogens with two attached hydrogens (primary N) is 1. The predicted molar refractivity (Wildman–Crippen MR) is 120 cm³/mol. The maximum atomic E-state index is 11.8. The number of benzene rings is 1. The lowest BCUT2D eigenvalue weighted by atomic mass is 10.0. The molecule has 1 aliphatic carbocycles. The van der Waals surface area contributed by atoms with Gasteiger partial charge in [-0.05, 0) is 43.4 Å². The Morgan fingerprint density at radius 3 is 2.69 bits per heavy atom. The zero-order valence-corrected chi connectivity index (χ0v) is 18.8. The molecule has 8 heteroatoms. The second-order valence-electron chi connectivity index (χ2n) is 6.50. The number of rotatable bonds is 7. The van der Waals surface area contributed by atoms with Gasteiger partial charge in [-0.1, -0.05) is 42.1 Å². The minimum Gasteiger partial charge on any atom is -0.370 e. The van der Waals surface area contributed by atoms with Crippen LogP contribution in [0.15, 0.2) is 23.2 Å². The lowest BCUT2D eigenvalue weighted by Crippen LogP contribution is -2.35. The second kappa shape index (κ2) is 11.9. The van der Waals surface area contributed by atoms with Crippen LogP contribution in [0.2, 0.25) is 10.0 Å². The predicted octanol–water partition coefficient (Wildman–Crippen LogP) is 4.27. The molecule has 0 aromatic heterocycles. The van der Waals surface area contributed by atoms with E-state index in [2.05, 4.69) is 15.6 Å². The molecule has 1 atom stereocenters. The molecular weight excluding hydrogens is 486 g/mol. The number of carbonyl (C=O) groups excluding carboxylic acids is 1. The third kappa shape index (κ3) is 7.88. The van der Waals surface area contributed by atoms with Crippen LogP contribution in [0.3, 0.4) is 0 Å². The molecular formula is C18H27Cl2IN4O. The highest BCUT2D eigenvalue weighted by Gasteiger charge is 2.18. The van der Waals surface area contributed by atoms with E-state index < -0.39 is 0 Å². The molecule has 2 rings (SSSR count). The standard InChI is InChI=1S/C18H26Cl2N4O.HI/c1-12(15-7-6-14(19)11-16(15)20)24-18(21)23-9-8-22-17(25)10-13-4-2-3-5-13;/h6-7,11-13H,2-5,8-10H2,1H3,(H,22,25)(H3,21,23,24);1H. The molecule has 1 unspecified atom stereocenters. The number of aliphatic imine (C=N–C) groups is 1.